The van der Waals surface area contributed by atoms with Crippen LogP contribution in [-0.4, -0.2) is 40.9 Å². The van der Waals surface area contributed by atoms with Gasteiger partial charge in [0.15, 0.2) is 0 Å². The first-order valence-corrected chi connectivity index (χ1v) is 8.11. The molecule has 0 aliphatic heterocycles. The summed E-state index contributed by atoms with van der Waals surface area (Å²) in [5.74, 6) is 6.03. The fourth-order valence-corrected chi connectivity index (χ4v) is 2.33. The first kappa shape index (κ1) is 17.4. The van der Waals surface area contributed by atoms with Gasteiger partial charge in [-0.05, 0) is 36.4 Å². The molecule has 3 rings (SSSR count). The normalized spacial score (nSPS) is 10.0. The summed E-state index contributed by atoms with van der Waals surface area (Å²) in [6.07, 6.45) is 6.93. The number of amides is 1. The molecule has 0 atom stereocenters. The van der Waals surface area contributed by atoms with E-state index in [1.807, 2.05) is 30.5 Å². The Kier molecular flexibility index (Phi) is 5.76. The van der Waals surface area contributed by atoms with Gasteiger partial charge in [-0.3, -0.25) is 9.78 Å². The second kappa shape index (κ2) is 8.60. The minimum Gasteiger partial charge on any atom is -0.383 e. The van der Waals surface area contributed by atoms with E-state index in [9.17, 15) is 4.79 Å². The summed E-state index contributed by atoms with van der Waals surface area (Å²) in [5, 5.41) is 7.07. The van der Waals surface area contributed by atoms with Crippen LogP contribution in [0.2, 0.25) is 0 Å². The molecule has 0 fully saturated rings. The molecule has 130 valence electrons. The van der Waals surface area contributed by atoms with Crippen LogP contribution in [0.3, 0.4) is 0 Å². The van der Waals surface area contributed by atoms with Gasteiger partial charge in [0.25, 0.3) is 5.91 Å². The first-order chi connectivity index (χ1) is 12.8. The summed E-state index contributed by atoms with van der Waals surface area (Å²) in [6.45, 7) is 0.914. The van der Waals surface area contributed by atoms with Crippen molar-refractivity contribution in [2.24, 2.45) is 0 Å². The maximum Gasteiger partial charge on any atom is 0.251 e. The van der Waals surface area contributed by atoms with Gasteiger partial charge in [-0.2, -0.15) is 5.10 Å². The molecule has 0 saturated carbocycles. The fraction of sp³-hybridized carbons (Fsp3) is 0.150. The number of hydrogen-bond donors (Lipinski definition) is 1. The number of ether oxygens (including phenoxy) is 1. The molecule has 0 aliphatic rings. The predicted molar refractivity (Wildman–Crippen MR) is 98.0 cm³/mol. The number of nitrogens with zero attached hydrogens (tertiary/aromatic N) is 3. The quantitative estimate of drug-likeness (QED) is 0.567. The topological polar surface area (TPSA) is 69.0 Å². The van der Waals surface area contributed by atoms with Crippen molar-refractivity contribution in [1.82, 2.24) is 20.1 Å². The minimum atomic E-state index is -0.168. The van der Waals surface area contributed by atoms with Gasteiger partial charge in [0.05, 0.1) is 17.9 Å². The van der Waals surface area contributed by atoms with Crippen molar-refractivity contribution in [2.75, 3.05) is 20.3 Å². The Hall–Kier alpha value is -3.43. The van der Waals surface area contributed by atoms with Gasteiger partial charge >= 0.3 is 0 Å². The van der Waals surface area contributed by atoms with Gasteiger partial charge in [-0.15, -0.1) is 0 Å². The van der Waals surface area contributed by atoms with Gasteiger partial charge in [0.2, 0.25) is 0 Å². The Labute approximate surface area is 151 Å². The number of aromatic nitrogens is 3. The molecule has 0 bridgehead atoms. The molecule has 1 aromatic carbocycles. The summed E-state index contributed by atoms with van der Waals surface area (Å²) in [5.41, 5.74) is 2.85. The molecule has 6 heteroatoms. The molecular formula is C20H18N4O2. The molecule has 0 saturated heterocycles. The molecule has 0 aliphatic carbocycles. The summed E-state index contributed by atoms with van der Waals surface area (Å²) >= 11 is 0. The highest BCUT2D eigenvalue weighted by Gasteiger charge is 2.10. The predicted octanol–water partition coefficient (Wildman–Crippen LogP) is 2.04. The molecule has 1 N–H and O–H groups in total. The van der Waals surface area contributed by atoms with E-state index in [0.717, 1.165) is 11.3 Å². The van der Waals surface area contributed by atoms with Crippen LogP contribution in [0.4, 0.5) is 0 Å². The Morgan fingerprint density at radius 1 is 1.23 bits per heavy atom. The molecule has 0 unspecified atom stereocenters. The molecule has 1 amide bonds. The number of hydrogen-bond acceptors (Lipinski definition) is 4. The van der Waals surface area contributed by atoms with E-state index in [-0.39, 0.29) is 5.91 Å². The van der Waals surface area contributed by atoms with Crippen LogP contribution in [0.25, 0.3) is 5.69 Å². The second-order valence-electron chi connectivity index (χ2n) is 5.42. The van der Waals surface area contributed by atoms with E-state index in [1.54, 1.807) is 42.5 Å². The van der Waals surface area contributed by atoms with Crippen molar-refractivity contribution in [3.63, 3.8) is 0 Å². The highest BCUT2D eigenvalue weighted by atomic mass is 16.5. The number of rotatable bonds is 5. The maximum absolute atomic E-state index is 12.3. The second-order valence-corrected chi connectivity index (χ2v) is 5.42. The molecule has 6 nitrogen and oxygen atoms in total. The Bertz CT molecular complexity index is 925. The molecule has 0 radical (unpaired) electrons. The minimum absolute atomic E-state index is 0.168. The van der Waals surface area contributed by atoms with E-state index in [4.69, 9.17) is 4.74 Å². The SMILES string of the molecule is COCCNC(=O)c1ccc(-n2cccn2)c(C#Cc2cccnc2)c1. The molecule has 0 spiro atoms. The molecule has 2 aromatic heterocycles. The van der Waals surface area contributed by atoms with Crippen molar-refractivity contribution < 1.29 is 9.53 Å². The zero-order valence-electron chi connectivity index (χ0n) is 14.3. The van der Waals surface area contributed by atoms with Crippen molar-refractivity contribution in [1.29, 1.82) is 0 Å². The van der Waals surface area contributed by atoms with E-state index in [0.29, 0.717) is 24.3 Å². The first-order valence-electron chi connectivity index (χ1n) is 8.11. The molecule has 2 heterocycles. The van der Waals surface area contributed by atoms with Crippen LogP contribution >= 0.6 is 0 Å². The maximum atomic E-state index is 12.3. The lowest BCUT2D eigenvalue weighted by molar-refractivity contribution is 0.0937. The number of carbonyl (C=O) groups is 1. The van der Waals surface area contributed by atoms with E-state index >= 15 is 0 Å². The van der Waals surface area contributed by atoms with Crippen LogP contribution in [0.15, 0.2) is 61.2 Å². The van der Waals surface area contributed by atoms with Crippen LogP contribution in [0.5, 0.6) is 0 Å². The van der Waals surface area contributed by atoms with Crippen molar-refractivity contribution in [2.45, 2.75) is 0 Å². The Balaban J connectivity index is 1.94. The molecular weight excluding hydrogens is 328 g/mol. The number of pyridine rings is 1. The number of carbonyl (C=O) groups excluding carboxylic acids is 1. The standard InChI is InChI=1S/C20H18N4O2/c1-26-13-11-22-20(25)18-7-8-19(24-12-3-10-23-24)17(14-18)6-5-16-4-2-9-21-15-16/h2-4,7-10,12,14-15H,11,13H2,1H3,(H,22,25). The van der Waals surface area contributed by atoms with Crippen molar-refractivity contribution in [3.05, 3.63) is 77.9 Å². The lowest BCUT2D eigenvalue weighted by Crippen LogP contribution is -2.27. The Morgan fingerprint density at radius 3 is 2.88 bits per heavy atom. The van der Waals surface area contributed by atoms with Crippen molar-refractivity contribution in [3.8, 4) is 17.5 Å². The average molecular weight is 346 g/mol. The number of nitrogens with one attached hydrogen (secondary N) is 1. The fourth-order valence-electron chi connectivity index (χ4n) is 2.33. The smallest absolute Gasteiger partial charge is 0.251 e. The van der Waals surface area contributed by atoms with Gasteiger partial charge in [0.1, 0.15) is 0 Å². The summed E-state index contributed by atoms with van der Waals surface area (Å²) < 4.78 is 6.67. The van der Waals surface area contributed by atoms with Gasteiger partial charge in [0, 0.05) is 49.6 Å². The van der Waals surface area contributed by atoms with Crippen LogP contribution < -0.4 is 5.32 Å². The summed E-state index contributed by atoms with van der Waals surface area (Å²) in [6, 6.07) is 10.9. The highest BCUT2D eigenvalue weighted by Crippen LogP contribution is 2.16. The zero-order chi connectivity index (χ0) is 18.2. The Morgan fingerprint density at radius 2 is 2.15 bits per heavy atom. The summed E-state index contributed by atoms with van der Waals surface area (Å²) in [7, 11) is 1.59. The van der Waals surface area contributed by atoms with E-state index in [1.165, 1.54) is 0 Å². The summed E-state index contributed by atoms with van der Waals surface area (Å²) in [4.78, 5) is 16.4. The third-order valence-corrected chi connectivity index (χ3v) is 3.60. The van der Waals surface area contributed by atoms with Crippen LogP contribution in [0, 0.1) is 11.8 Å². The third-order valence-electron chi connectivity index (χ3n) is 3.60. The van der Waals surface area contributed by atoms with Gasteiger partial charge in [-0.1, -0.05) is 11.8 Å². The lowest BCUT2D eigenvalue weighted by atomic mass is 10.1. The third kappa shape index (κ3) is 4.35. The zero-order valence-corrected chi connectivity index (χ0v) is 14.3. The molecule has 3 aromatic rings. The highest BCUT2D eigenvalue weighted by molar-refractivity contribution is 5.95. The molecule has 26 heavy (non-hydrogen) atoms. The van der Waals surface area contributed by atoms with Crippen LogP contribution in [0.1, 0.15) is 21.5 Å². The monoisotopic (exact) mass is 346 g/mol. The van der Waals surface area contributed by atoms with Gasteiger partial charge in [-0.25, -0.2) is 4.68 Å². The average Bonchev–Trinajstić information content (AvgIpc) is 3.21. The van der Waals surface area contributed by atoms with Crippen molar-refractivity contribution >= 4 is 5.91 Å². The van der Waals surface area contributed by atoms with Crippen LogP contribution in [-0.2, 0) is 4.74 Å². The van der Waals surface area contributed by atoms with E-state index < -0.39 is 0 Å². The number of methoxy groups -OCH3 is 1. The van der Waals surface area contributed by atoms with E-state index in [2.05, 4.69) is 27.2 Å². The largest absolute Gasteiger partial charge is 0.383 e. The number of benzene rings is 1. The van der Waals surface area contributed by atoms with Gasteiger partial charge < -0.3 is 10.1 Å². The lowest BCUT2D eigenvalue weighted by Gasteiger charge is -2.09.